The highest BCUT2D eigenvalue weighted by molar-refractivity contribution is 6.05. The highest BCUT2D eigenvalue weighted by atomic mass is 16.3. The Bertz CT molecular complexity index is 387. The first-order chi connectivity index (χ1) is 8.68. The van der Waals surface area contributed by atoms with Crippen LogP contribution in [0.2, 0.25) is 0 Å². The minimum atomic E-state index is -0.295. The summed E-state index contributed by atoms with van der Waals surface area (Å²) in [5.74, 6) is -0.560. The van der Waals surface area contributed by atoms with Crippen molar-refractivity contribution in [1.82, 2.24) is 4.90 Å². The van der Waals surface area contributed by atoms with Crippen LogP contribution in [0.3, 0.4) is 0 Å². The van der Waals surface area contributed by atoms with Crippen molar-refractivity contribution in [2.75, 3.05) is 0 Å². The van der Waals surface area contributed by atoms with Crippen LogP contribution in [0.1, 0.15) is 25.7 Å². The first-order valence-corrected chi connectivity index (χ1v) is 6.25. The van der Waals surface area contributed by atoms with Gasteiger partial charge < -0.3 is 5.11 Å². The molecule has 96 valence electrons. The second-order valence-electron chi connectivity index (χ2n) is 4.61. The fourth-order valence-electron chi connectivity index (χ4n) is 2.35. The van der Waals surface area contributed by atoms with Gasteiger partial charge in [-0.3, -0.25) is 14.5 Å². The number of carbonyl (C=O) groups is 2. The van der Waals surface area contributed by atoms with Crippen molar-refractivity contribution in [3.8, 4) is 0 Å². The summed E-state index contributed by atoms with van der Waals surface area (Å²) in [4.78, 5) is 25.3. The summed E-state index contributed by atoms with van der Waals surface area (Å²) < 4.78 is 0. The van der Waals surface area contributed by atoms with Gasteiger partial charge in [-0.1, -0.05) is 24.3 Å². The largest absolute Gasteiger partial charge is 0.393 e. The molecule has 0 aromatic carbocycles. The van der Waals surface area contributed by atoms with Gasteiger partial charge in [0.15, 0.2) is 0 Å². The molecule has 0 saturated heterocycles. The van der Waals surface area contributed by atoms with Gasteiger partial charge in [0.25, 0.3) is 11.8 Å². The van der Waals surface area contributed by atoms with Crippen molar-refractivity contribution in [3.05, 3.63) is 36.5 Å². The molecule has 0 aromatic heterocycles. The third-order valence-corrected chi connectivity index (χ3v) is 3.32. The van der Waals surface area contributed by atoms with Crippen LogP contribution in [-0.4, -0.2) is 34.0 Å². The van der Waals surface area contributed by atoms with E-state index in [1.807, 2.05) is 0 Å². The summed E-state index contributed by atoms with van der Waals surface area (Å²) in [5.41, 5.74) is 0. The van der Waals surface area contributed by atoms with Crippen LogP contribution in [0.25, 0.3) is 0 Å². The zero-order chi connectivity index (χ0) is 13.0. The van der Waals surface area contributed by atoms with E-state index in [2.05, 4.69) is 0 Å². The van der Waals surface area contributed by atoms with Gasteiger partial charge in [0.1, 0.15) is 0 Å². The molecule has 18 heavy (non-hydrogen) atoms. The Hall–Kier alpha value is -1.68. The van der Waals surface area contributed by atoms with Crippen molar-refractivity contribution >= 4 is 11.8 Å². The maximum atomic E-state index is 12.0. The first-order valence-electron chi connectivity index (χ1n) is 6.25. The molecular weight excluding hydrogens is 230 g/mol. The van der Waals surface area contributed by atoms with E-state index in [4.69, 9.17) is 0 Å². The van der Waals surface area contributed by atoms with Crippen molar-refractivity contribution in [3.63, 3.8) is 0 Å². The lowest BCUT2D eigenvalue weighted by Crippen LogP contribution is -2.45. The smallest absolute Gasteiger partial charge is 0.253 e. The quantitative estimate of drug-likeness (QED) is 0.711. The highest BCUT2D eigenvalue weighted by Gasteiger charge is 2.30. The molecule has 0 aromatic rings. The molecule has 2 aliphatic rings. The molecule has 0 atom stereocenters. The maximum Gasteiger partial charge on any atom is 0.253 e. The molecule has 1 N–H and O–H groups in total. The third-order valence-electron chi connectivity index (χ3n) is 3.32. The Morgan fingerprint density at radius 1 is 0.889 bits per heavy atom. The van der Waals surface area contributed by atoms with E-state index < -0.39 is 0 Å². The predicted octanol–water partition coefficient (Wildman–Crippen LogP) is 1.33. The topological polar surface area (TPSA) is 57.6 Å². The van der Waals surface area contributed by atoms with Crippen molar-refractivity contribution in [2.24, 2.45) is 0 Å². The Morgan fingerprint density at radius 2 is 1.39 bits per heavy atom. The standard InChI is InChI=1S/C14H17NO3/c16-12-9-7-11(8-10-12)15-13(17)5-3-1-2-4-6-14(15)18/h1-6,11-12,16H,7-10H2. The Morgan fingerprint density at radius 3 is 1.89 bits per heavy atom. The Labute approximate surface area is 106 Å². The zero-order valence-corrected chi connectivity index (χ0v) is 10.2. The molecule has 4 heteroatoms. The van der Waals surface area contributed by atoms with Gasteiger partial charge in [-0.2, -0.15) is 0 Å². The molecule has 1 saturated carbocycles. The van der Waals surface area contributed by atoms with E-state index in [9.17, 15) is 14.7 Å². The number of amides is 2. The molecule has 4 nitrogen and oxygen atoms in total. The van der Waals surface area contributed by atoms with E-state index in [0.29, 0.717) is 25.7 Å². The van der Waals surface area contributed by atoms with Crippen molar-refractivity contribution in [1.29, 1.82) is 0 Å². The zero-order valence-electron chi connectivity index (χ0n) is 10.2. The molecule has 0 radical (unpaired) electrons. The number of nitrogens with zero attached hydrogens (tertiary/aromatic N) is 1. The first kappa shape index (κ1) is 12.8. The SMILES string of the molecule is O=C1C=CC=CC=CC(=O)N1C1CCC(O)CC1. The lowest BCUT2D eigenvalue weighted by molar-refractivity contribution is -0.142. The number of imide groups is 1. The monoisotopic (exact) mass is 247 g/mol. The van der Waals surface area contributed by atoms with Gasteiger partial charge in [0.05, 0.1) is 6.10 Å². The van der Waals surface area contributed by atoms with Crippen LogP contribution in [-0.2, 0) is 9.59 Å². The molecule has 1 aliphatic carbocycles. The number of carbonyl (C=O) groups excluding carboxylic acids is 2. The van der Waals surface area contributed by atoms with Crippen molar-refractivity contribution in [2.45, 2.75) is 37.8 Å². The Kier molecular flexibility index (Phi) is 4.10. The molecule has 0 bridgehead atoms. The summed E-state index contributed by atoms with van der Waals surface area (Å²) in [7, 11) is 0. The number of allylic oxidation sites excluding steroid dienone is 4. The van der Waals surface area contributed by atoms with Gasteiger partial charge in [0, 0.05) is 18.2 Å². The third kappa shape index (κ3) is 2.96. The van der Waals surface area contributed by atoms with Gasteiger partial charge in [0.2, 0.25) is 0 Å². The Balaban J connectivity index is 2.17. The maximum absolute atomic E-state index is 12.0. The highest BCUT2D eigenvalue weighted by Crippen LogP contribution is 2.24. The van der Waals surface area contributed by atoms with Crippen LogP contribution < -0.4 is 0 Å². The van der Waals surface area contributed by atoms with Crippen LogP contribution in [0.4, 0.5) is 0 Å². The second kappa shape index (κ2) is 5.78. The van der Waals surface area contributed by atoms with Crippen LogP contribution in [0, 0.1) is 0 Å². The fraction of sp³-hybridized carbons (Fsp3) is 0.429. The molecule has 0 unspecified atom stereocenters. The number of aliphatic hydroxyl groups is 1. The summed E-state index contributed by atoms with van der Waals surface area (Å²) >= 11 is 0. The minimum absolute atomic E-state index is 0.0965. The van der Waals surface area contributed by atoms with Crippen LogP contribution >= 0.6 is 0 Å². The summed E-state index contributed by atoms with van der Waals surface area (Å²) in [6.45, 7) is 0. The number of hydrogen-bond acceptors (Lipinski definition) is 3. The molecule has 2 rings (SSSR count). The van der Waals surface area contributed by atoms with Gasteiger partial charge in [-0.05, 0) is 25.7 Å². The number of rotatable bonds is 1. The molecule has 1 aliphatic heterocycles. The lowest BCUT2D eigenvalue weighted by atomic mass is 9.92. The van der Waals surface area contributed by atoms with Crippen LogP contribution in [0.15, 0.2) is 36.5 Å². The van der Waals surface area contributed by atoms with Crippen molar-refractivity contribution < 1.29 is 14.7 Å². The normalized spacial score (nSPS) is 29.1. The van der Waals surface area contributed by atoms with E-state index in [1.54, 1.807) is 24.3 Å². The molecule has 1 fully saturated rings. The van der Waals surface area contributed by atoms with Gasteiger partial charge >= 0.3 is 0 Å². The summed E-state index contributed by atoms with van der Waals surface area (Å²) in [5, 5.41) is 9.48. The lowest BCUT2D eigenvalue weighted by Gasteiger charge is -2.33. The van der Waals surface area contributed by atoms with E-state index in [1.165, 1.54) is 17.1 Å². The fourth-order valence-corrected chi connectivity index (χ4v) is 2.35. The predicted molar refractivity (Wildman–Crippen MR) is 67.5 cm³/mol. The molecular formula is C14H17NO3. The molecule has 0 spiro atoms. The van der Waals surface area contributed by atoms with Gasteiger partial charge in [-0.25, -0.2) is 0 Å². The molecule has 1 heterocycles. The minimum Gasteiger partial charge on any atom is -0.393 e. The molecule has 2 amide bonds. The average Bonchev–Trinajstić information content (AvgIpc) is 2.43. The average molecular weight is 247 g/mol. The second-order valence-corrected chi connectivity index (χ2v) is 4.61. The summed E-state index contributed by atoms with van der Waals surface area (Å²) in [6.07, 6.45) is 11.9. The number of hydrogen-bond donors (Lipinski definition) is 1. The van der Waals surface area contributed by atoms with Crippen LogP contribution in [0.5, 0.6) is 0 Å². The van der Waals surface area contributed by atoms with E-state index in [0.717, 1.165) is 0 Å². The number of aliphatic hydroxyl groups excluding tert-OH is 1. The summed E-state index contributed by atoms with van der Waals surface area (Å²) in [6, 6.07) is -0.0965. The van der Waals surface area contributed by atoms with Gasteiger partial charge in [-0.15, -0.1) is 0 Å². The van der Waals surface area contributed by atoms with E-state index in [-0.39, 0.29) is 24.0 Å². The van der Waals surface area contributed by atoms with E-state index >= 15 is 0 Å².